The van der Waals surface area contributed by atoms with Crippen molar-refractivity contribution in [3.8, 4) is 0 Å². The highest BCUT2D eigenvalue weighted by Crippen LogP contribution is 2.18. The van der Waals surface area contributed by atoms with E-state index in [1.165, 1.54) is 11.1 Å². The van der Waals surface area contributed by atoms with Crippen molar-refractivity contribution in [2.24, 2.45) is 0 Å². The minimum atomic E-state index is -2.77. The summed E-state index contributed by atoms with van der Waals surface area (Å²) in [7, 11) is -2.77. The maximum absolute atomic E-state index is 11.3. The predicted molar refractivity (Wildman–Crippen MR) is 72.8 cm³/mol. The molecular formula is C12H16BrNO2S. The molecule has 94 valence electrons. The van der Waals surface area contributed by atoms with Crippen molar-refractivity contribution in [1.82, 2.24) is 4.90 Å². The van der Waals surface area contributed by atoms with Crippen molar-refractivity contribution < 1.29 is 8.42 Å². The quantitative estimate of drug-likeness (QED) is 0.837. The lowest BCUT2D eigenvalue weighted by molar-refractivity contribution is 0.287. The Hall–Kier alpha value is -0.390. The number of sulfone groups is 1. The normalized spacial score (nSPS) is 20.4. The molecular weight excluding hydrogens is 302 g/mol. The average Bonchev–Trinajstić information content (AvgIpc) is 2.27. The Morgan fingerprint density at radius 3 is 2.53 bits per heavy atom. The second-order valence-electron chi connectivity index (χ2n) is 4.51. The van der Waals surface area contributed by atoms with E-state index in [0.717, 1.165) is 11.0 Å². The summed E-state index contributed by atoms with van der Waals surface area (Å²) in [6.07, 6.45) is 0. The van der Waals surface area contributed by atoms with Gasteiger partial charge in [-0.15, -0.1) is 0 Å². The van der Waals surface area contributed by atoms with Gasteiger partial charge in [-0.2, -0.15) is 0 Å². The molecule has 2 rings (SSSR count). The van der Waals surface area contributed by atoms with Crippen molar-refractivity contribution >= 4 is 25.8 Å². The van der Waals surface area contributed by atoms with Gasteiger partial charge in [0, 0.05) is 24.1 Å². The topological polar surface area (TPSA) is 37.4 Å². The first-order chi connectivity index (χ1) is 7.96. The number of aryl methyl sites for hydroxylation is 1. The molecule has 1 aromatic carbocycles. The Morgan fingerprint density at radius 2 is 1.94 bits per heavy atom. The second-order valence-corrected chi connectivity index (χ2v) is 7.67. The van der Waals surface area contributed by atoms with Gasteiger partial charge in [-0.3, -0.25) is 4.90 Å². The van der Waals surface area contributed by atoms with Gasteiger partial charge in [-0.05, 0) is 24.1 Å². The van der Waals surface area contributed by atoms with Crippen LogP contribution in [-0.2, 0) is 16.4 Å². The first-order valence-corrected chi connectivity index (χ1v) is 8.25. The summed E-state index contributed by atoms with van der Waals surface area (Å²) < 4.78 is 23.7. The SMILES string of the molecule is Cc1cc(CN2CCS(=O)(=O)CC2)ccc1Br. The molecule has 0 unspecified atom stereocenters. The van der Waals surface area contributed by atoms with E-state index in [4.69, 9.17) is 0 Å². The highest BCUT2D eigenvalue weighted by molar-refractivity contribution is 9.10. The molecule has 0 aromatic heterocycles. The van der Waals surface area contributed by atoms with E-state index in [9.17, 15) is 8.42 Å². The Balaban J connectivity index is 2.00. The number of hydrogen-bond acceptors (Lipinski definition) is 3. The van der Waals surface area contributed by atoms with E-state index in [1.54, 1.807) is 0 Å². The molecule has 1 aliphatic heterocycles. The number of benzene rings is 1. The zero-order chi connectivity index (χ0) is 12.5. The molecule has 0 N–H and O–H groups in total. The fraction of sp³-hybridized carbons (Fsp3) is 0.500. The standard InChI is InChI=1S/C12H16BrNO2S/c1-10-8-11(2-3-12(10)13)9-14-4-6-17(15,16)7-5-14/h2-3,8H,4-7,9H2,1H3. The third-order valence-corrected chi connectivity index (χ3v) is 5.56. The summed E-state index contributed by atoms with van der Waals surface area (Å²) in [5.41, 5.74) is 2.46. The molecule has 0 saturated carbocycles. The van der Waals surface area contributed by atoms with Crippen LogP contribution in [0, 0.1) is 6.92 Å². The van der Waals surface area contributed by atoms with Crippen LogP contribution in [0.1, 0.15) is 11.1 Å². The van der Waals surface area contributed by atoms with Crippen LogP contribution in [0.15, 0.2) is 22.7 Å². The molecule has 0 aliphatic carbocycles. The van der Waals surface area contributed by atoms with Gasteiger partial charge in [0.1, 0.15) is 0 Å². The number of nitrogens with zero attached hydrogens (tertiary/aromatic N) is 1. The van der Waals surface area contributed by atoms with Crippen molar-refractivity contribution in [2.45, 2.75) is 13.5 Å². The fourth-order valence-electron chi connectivity index (χ4n) is 1.97. The fourth-order valence-corrected chi connectivity index (χ4v) is 3.50. The van der Waals surface area contributed by atoms with Gasteiger partial charge in [0.05, 0.1) is 11.5 Å². The van der Waals surface area contributed by atoms with Gasteiger partial charge >= 0.3 is 0 Å². The van der Waals surface area contributed by atoms with Crippen LogP contribution < -0.4 is 0 Å². The third kappa shape index (κ3) is 3.53. The Kier molecular flexibility index (Phi) is 3.90. The van der Waals surface area contributed by atoms with Crippen LogP contribution in [-0.4, -0.2) is 37.9 Å². The van der Waals surface area contributed by atoms with Crippen LogP contribution in [0.25, 0.3) is 0 Å². The molecule has 1 aromatic rings. The predicted octanol–water partition coefficient (Wildman–Crippen LogP) is 1.99. The van der Waals surface area contributed by atoms with Gasteiger partial charge in [-0.25, -0.2) is 8.42 Å². The van der Waals surface area contributed by atoms with Crippen LogP contribution >= 0.6 is 15.9 Å². The van der Waals surface area contributed by atoms with Crippen molar-refractivity contribution in [2.75, 3.05) is 24.6 Å². The van der Waals surface area contributed by atoms with Crippen LogP contribution in [0.3, 0.4) is 0 Å². The van der Waals surface area contributed by atoms with Crippen molar-refractivity contribution in [3.63, 3.8) is 0 Å². The van der Waals surface area contributed by atoms with Crippen molar-refractivity contribution in [3.05, 3.63) is 33.8 Å². The molecule has 0 atom stereocenters. The zero-order valence-electron chi connectivity index (χ0n) is 9.82. The number of hydrogen-bond donors (Lipinski definition) is 0. The summed E-state index contributed by atoms with van der Waals surface area (Å²) >= 11 is 3.48. The first kappa shape index (κ1) is 13.1. The first-order valence-electron chi connectivity index (χ1n) is 5.64. The Bertz CT molecular complexity index is 499. The van der Waals surface area contributed by atoms with E-state index in [0.29, 0.717) is 24.6 Å². The molecule has 0 radical (unpaired) electrons. The van der Waals surface area contributed by atoms with E-state index < -0.39 is 9.84 Å². The van der Waals surface area contributed by atoms with Gasteiger partial charge in [0.2, 0.25) is 0 Å². The summed E-state index contributed by atoms with van der Waals surface area (Å²) in [6, 6.07) is 6.28. The van der Waals surface area contributed by atoms with E-state index in [-0.39, 0.29) is 0 Å². The van der Waals surface area contributed by atoms with Crippen molar-refractivity contribution in [1.29, 1.82) is 0 Å². The molecule has 3 nitrogen and oxygen atoms in total. The van der Waals surface area contributed by atoms with Crippen LogP contribution in [0.2, 0.25) is 0 Å². The minimum Gasteiger partial charge on any atom is -0.297 e. The molecule has 1 saturated heterocycles. The minimum absolute atomic E-state index is 0.294. The second kappa shape index (κ2) is 5.08. The van der Waals surface area contributed by atoms with Crippen LogP contribution in [0.4, 0.5) is 0 Å². The van der Waals surface area contributed by atoms with Gasteiger partial charge in [0.25, 0.3) is 0 Å². The Labute approximate surface area is 111 Å². The molecule has 1 fully saturated rings. The van der Waals surface area contributed by atoms with E-state index >= 15 is 0 Å². The molecule has 1 heterocycles. The lowest BCUT2D eigenvalue weighted by Gasteiger charge is -2.26. The highest BCUT2D eigenvalue weighted by Gasteiger charge is 2.21. The van der Waals surface area contributed by atoms with Crippen LogP contribution in [0.5, 0.6) is 0 Å². The number of rotatable bonds is 2. The number of halogens is 1. The monoisotopic (exact) mass is 317 g/mol. The lowest BCUT2D eigenvalue weighted by atomic mass is 10.1. The smallest absolute Gasteiger partial charge is 0.152 e. The molecule has 0 amide bonds. The zero-order valence-corrected chi connectivity index (χ0v) is 12.2. The maximum atomic E-state index is 11.3. The molecule has 17 heavy (non-hydrogen) atoms. The summed E-state index contributed by atoms with van der Waals surface area (Å²) in [5, 5.41) is 0. The Morgan fingerprint density at radius 1 is 1.29 bits per heavy atom. The molecule has 5 heteroatoms. The molecule has 1 aliphatic rings. The summed E-state index contributed by atoms with van der Waals surface area (Å²) in [5.74, 6) is 0.588. The maximum Gasteiger partial charge on any atom is 0.152 e. The van der Waals surface area contributed by atoms with E-state index in [2.05, 4.69) is 39.9 Å². The average molecular weight is 318 g/mol. The van der Waals surface area contributed by atoms with Gasteiger partial charge in [-0.1, -0.05) is 28.1 Å². The van der Waals surface area contributed by atoms with E-state index in [1.807, 2.05) is 6.07 Å². The molecule has 0 bridgehead atoms. The van der Waals surface area contributed by atoms with Gasteiger partial charge < -0.3 is 0 Å². The highest BCUT2D eigenvalue weighted by atomic mass is 79.9. The summed E-state index contributed by atoms with van der Waals surface area (Å²) in [4.78, 5) is 2.20. The lowest BCUT2D eigenvalue weighted by Crippen LogP contribution is -2.39. The van der Waals surface area contributed by atoms with Gasteiger partial charge in [0.15, 0.2) is 9.84 Å². The largest absolute Gasteiger partial charge is 0.297 e. The molecule has 0 spiro atoms. The third-order valence-electron chi connectivity index (χ3n) is 3.07. The summed E-state index contributed by atoms with van der Waals surface area (Å²) in [6.45, 7) is 4.20.